The highest BCUT2D eigenvalue weighted by molar-refractivity contribution is 7.53. The van der Waals surface area contributed by atoms with Crippen LogP contribution in [0.25, 0.3) is 10.9 Å². The first-order valence-electron chi connectivity index (χ1n) is 23.6. The maximum Gasteiger partial charge on any atom is 0.397 e. The van der Waals surface area contributed by atoms with Gasteiger partial charge in [-0.05, 0) is 84.1 Å². The van der Waals surface area contributed by atoms with E-state index in [0.717, 1.165) is 6.54 Å². The highest BCUT2D eigenvalue weighted by Crippen LogP contribution is 2.39. The van der Waals surface area contributed by atoms with E-state index in [2.05, 4.69) is 73.5 Å². The van der Waals surface area contributed by atoms with Gasteiger partial charge in [0.15, 0.2) is 0 Å². The van der Waals surface area contributed by atoms with Gasteiger partial charge in [-0.15, -0.1) is 54.5 Å². The van der Waals surface area contributed by atoms with E-state index in [-0.39, 0.29) is 55.2 Å². The summed E-state index contributed by atoms with van der Waals surface area (Å²) in [5.41, 5.74) is 4.39. The second-order valence-corrected chi connectivity index (χ2v) is 20.2. The Morgan fingerprint density at radius 1 is 0.712 bits per heavy atom. The smallest absolute Gasteiger partial charge is 0.397 e. The summed E-state index contributed by atoms with van der Waals surface area (Å²) in [7, 11) is -3.36. The Labute approximate surface area is 433 Å². The third-order valence-corrected chi connectivity index (χ3v) is 10.7. The van der Waals surface area contributed by atoms with Crippen LogP contribution in [0.5, 0.6) is 0 Å². The average Bonchev–Trinajstić information content (AvgIpc) is 3.28. The second kappa shape index (κ2) is 39.2. The molecule has 2 aromatic rings. The fraction of sp³-hybridized carbons (Fsp3) is 0.604. The molecule has 0 saturated heterocycles. The summed E-state index contributed by atoms with van der Waals surface area (Å²) in [5.74, 6) is 4.17. The van der Waals surface area contributed by atoms with E-state index in [0.29, 0.717) is 47.1 Å². The van der Waals surface area contributed by atoms with Crippen LogP contribution in [0.2, 0.25) is 0 Å². The van der Waals surface area contributed by atoms with E-state index < -0.39 is 60.5 Å². The lowest BCUT2D eigenvalue weighted by molar-refractivity contribution is -0.160. The number of fused-ring (bicyclic) bond motifs is 1. The Bertz CT molecular complexity index is 2260. The maximum absolute atomic E-state index is 12.0. The van der Waals surface area contributed by atoms with Crippen molar-refractivity contribution in [3.8, 4) is 49.4 Å². The first kappa shape index (κ1) is 73.2. The molecule has 1 heterocycles. The maximum atomic E-state index is 12.0. The van der Waals surface area contributed by atoms with Gasteiger partial charge in [0, 0.05) is 62.4 Å². The lowest BCUT2D eigenvalue weighted by atomic mass is 9.94. The van der Waals surface area contributed by atoms with E-state index in [1.165, 1.54) is 13.6 Å². The fourth-order valence-corrected chi connectivity index (χ4v) is 6.30. The van der Waals surface area contributed by atoms with Gasteiger partial charge in [-0.1, -0.05) is 53.7 Å². The van der Waals surface area contributed by atoms with Gasteiger partial charge in [0.25, 0.3) is 0 Å². The molecule has 0 aliphatic heterocycles. The Hall–Kier alpha value is -6.34. The van der Waals surface area contributed by atoms with Crippen LogP contribution < -0.4 is 15.9 Å². The zero-order valence-corrected chi connectivity index (χ0v) is 46.4. The third kappa shape index (κ3) is 36.3. The number of nitrogens with zero attached hydrogens (tertiary/aromatic N) is 4. The van der Waals surface area contributed by atoms with Gasteiger partial charge in [0.1, 0.15) is 28.7 Å². The monoisotopic (exact) mass is 1040 g/mol. The quantitative estimate of drug-likeness (QED) is 0.0543. The van der Waals surface area contributed by atoms with Gasteiger partial charge in [-0.2, -0.15) is 0 Å². The van der Waals surface area contributed by atoms with Crippen molar-refractivity contribution in [2.24, 2.45) is 35.3 Å². The van der Waals surface area contributed by atoms with Crippen molar-refractivity contribution in [2.45, 2.75) is 159 Å². The number of carboxylic acids is 3. The number of carbonyl (C=O) groups excluding carboxylic acids is 3. The number of esters is 1. The summed E-state index contributed by atoms with van der Waals surface area (Å²) in [5, 5.41) is 32.5. The van der Waals surface area contributed by atoms with Crippen LogP contribution in [0.1, 0.15) is 135 Å². The lowest BCUT2D eigenvalue weighted by Crippen LogP contribution is -2.36. The first-order chi connectivity index (χ1) is 33.6. The Morgan fingerprint density at radius 2 is 1.14 bits per heavy atom. The van der Waals surface area contributed by atoms with Crippen molar-refractivity contribution in [1.29, 1.82) is 0 Å². The van der Waals surface area contributed by atoms with Gasteiger partial charge >= 0.3 is 37.0 Å². The number of aromatic nitrogens is 3. The predicted octanol–water partition coefficient (Wildman–Crippen LogP) is 7.27. The normalized spacial score (nSPS) is 13.6. The van der Waals surface area contributed by atoms with E-state index in [4.69, 9.17) is 60.6 Å². The van der Waals surface area contributed by atoms with E-state index >= 15 is 0 Å². The van der Waals surface area contributed by atoms with E-state index in [1.54, 1.807) is 79.7 Å². The zero-order chi connectivity index (χ0) is 57.8. The lowest BCUT2D eigenvalue weighted by Gasteiger charge is -2.28. The second-order valence-electron chi connectivity index (χ2n) is 18.2. The summed E-state index contributed by atoms with van der Waals surface area (Å²) in [6.45, 7) is 29.2. The number of ketones is 2. The molecule has 0 amide bonds. The SMILES string of the molecule is C#CC[C@@H](C)C(=O)C[C@H](C)C(=O)O.C#CC[C@@H](C)C(=O)C[C@H](C)C(=O)OC(C)(C)C.C#CC[C@@H](C)C(=O)O.C#CC[C@@H](N)C(=O)O.CCN(C(C)C)C(C)C.CCOP(C)(=O)On1nnc2ccccc2c1=O. The number of benzene rings is 1. The molecule has 1 unspecified atom stereocenters. The van der Waals surface area contributed by atoms with Gasteiger partial charge < -0.3 is 30.4 Å². The highest BCUT2D eigenvalue weighted by Gasteiger charge is 2.26. The number of hydrogen-bond acceptors (Lipinski definition) is 15. The summed E-state index contributed by atoms with van der Waals surface area (Å²) in [6.07, 6.45) is 21.3. The Morgan fingerprint density at radius 3 is 1.47 bits per heavy atom. The first-order valence-corrected chi connectivity index (χ1v) is 25.6. The summed E-state index contributed by atoms with van der Waals surface area (Å²) in [6, 6.07) is 7.16. The van der Waals surface area contributed by atoms with Crippen LogP contribution in [0.15, 0.2) is 29.1 Å². The molecule has 2 rings (SSSR count). The molecule has 73 heavy (non-hydrogen) atoms. The predicted molar refractivity (Wildman–Crippen MR) is 284 cm³/mol. The average molecular weight is 1040 g/mol. The molecule has 0 aliphatic carbocycles. The topological polar surface area (TPSA) is 285 Å². The number of carboxylic acid groups (broad SMARTS) is 3. The number of aliphatic carboxylic acids is 3. The van der Waals surface area contributed by atoms with Gasteiger partial charge in [0.05, 0.1) is 36.4 Å². The van der Waals surface area contributed by atoms with Crippen LogP contribution in [-0.4, -0.2) is 114 Å². The number of nitrogens with two attached hydrogens (primary N) is 1. The molecule has 0 radical (unpaired) electrons. The number of Topliss-reactive ketones (excluding diaryl/α,β-unsaturated/α-hetero) is 2. The molecule has 0 bridgehead atoms. The van der Waals surface area contributed by atoms with Crippen LogP contribution >= 0.6 is 7.60 Å². The number of terminal acetylenes is 4. The van der Waals surface area contributed by atoms with Crippen LogP contribution in [0.3, 0.4) is 0 Å². The molecular formula is C53H82N5O14P. The van der Waals surface area contributed by atoms with Crippen LogP contribution in [0, 0.1) is 79.0 Å². The number of rotatable bonds is 21. The Balaban J connectivity index is -0.000000404. The molecule has 5 N–H and O–H groups in total. The highest BCUT2D eigenvalue weighted by atomic mass is 31.2. The molecule has 1 aromatic heterocycles. The molecule has 7 atom stereocenters. The molecule has 0 spiro atoms. The molecule has 19 nitrogen and oxygen atoms in total. The summed E-state index contributed by atoms with van der Waals surface area (Å²) < 4.78 is 26.9. The van der Waals surface area contributed by atoms with Gasteiger partial charge in [-0.3, -0.25) is 43.0 Å². The number of ether oxygens (including phenoxy) is 1. The van der Waals surface area contributed by atoms with Crippen molar-refractivity contribution in [1.82, 2.24) is 20.1 Å². The van der Waals surface area contributed by atoms with Gasteiger partial charge in [-0.25, -0.2) is 4.57 Å². The van der Waals surface area contributed by atoms with Crippen molar-refractivity contribution in [2.75, 3.05) is 19.8 Å². The summed E-state index contributed by atoms with van der Waals surface area (Å²) >= 11 is 0. The minimum Gasteiger partial charge on any atom is -0.481 e. The summed E-state index contributed by atoms with van der Waals surface area (Å²) in [4.78, 5) is 80.0. The van der Waals surface area contributed by atoms with Crippen molar-refractivity contribution in [3.63, 3.8) is 0 Å². The largest absolute Gasteiger partial charge is 0.481 e. The van der Waals surface area contributed by atoms with E-state index in [9.17, 15) is 38.1 Å². The zero-order valence-electron chi connectivity index (χ0n) is 45.5. The fourth-order valence-electron chi connectivity index (χ4n) is 5.39. The molecule has 0 aliphatic rings. The molecule has 0 saturated carbocycles. The molecule has 20 heteroatoms. The third-order valence-electron chi connectivity index (χ3n) is 9.52. The van der Waals surface area contributed by atoms with Gasteiger partial charge in [0.2, 0.25) is 0 Å². The minimum atomic E-state index is -3.36. The van der Waals surface area contributed by atoms with Crippen molar-refractivity contribution < 1.29 is 62.5 Å². The number of hydrogen-bond donors (Lipinski definition) is 4. The Kier molecular flexibility index (Phi) is 39.3. The molecular weight excluding hydrogens is 962 g/mol. The molecule has 0 fully saturated rings. The molecule has 408 valence electrons. The minimum absolute atomic E-state index is 0.0151. The van der Waals surface area contributed by atoms with Crippen molar-refractivity contribution >= 4 is 53.9 Å². The van der Waals surface area contributed by atoms with Crippen molar-refractivity contribution in [3.05, 3.63) is 34.6 Å². The van der Waals surface area contributed by atoms with Crippen LogP contribution in [-0.2, 0) is 42.6 Å². The van der Waals surface area contributed by atoms with Crippen LogP contribution in [0.4, 0.5) is 0 Å². The number of carbonyl (C=O) groups is 6. The molecule has 1 aromatic carbocycles. The standard InChI is InChI=1S/C14H22O3.C10H12N3O4P.C10H14O3.C8H19N.C6H8O2.C5H7NO2/c1-7-8-10(2)12(15)9-11(3)13(16)17-14(4,5)6;1-3-16-18(2,15)17-13-10(14)8-6-4-5-7-9(8)11-12-13;1-4-5-7(2)9(11)6-8(3)10(12)13;1-6-9(7(2)3)8(4)5;1-3-4-5(2)6(7)8;1-2-3-4(6)5(7)8/h1,10-11H,8-9H2,2-6H3;4-7H,3H2,1-2H3;1,7-8H,5-6H2,2-3H3,(H,12,13);7-8H,6H2,1-5H3;1,5H,4H2,2H3,(H,7,8);1,4H,3,6H2,(H,7,8)/t10-,11+;;7-,8+;;5-;4-/m1.1.11/s1. The van der Waals surface area contributed by atoms with E-state index in [1.807, 2.05) is 0 Å².